The zero-order valence-electron chi connectivity index (χ0n) is 21.3. The Morgan fingerprint density at radius 1 is 1.06 bits per heavy atom. The number of ether oxygens (including phenoxy) is 1. The van der Waals surface area contributed by atoms with Crippen molar-refractivity contribution in [3.63, 3.8) is 0 Å². The number of nitrogens with zero attached hydrogens (tertiary/aromatic N) is 2. The van der Waals surface area contributed by atoms with E-state index in [0.29, 0.717) is 27.5 Å². The topological polar surface area (TPSA) is 73.2 Å². The number of carbonyl (C=O) groups excluding carboxylic acids is 1. The highest BCUT2D eigenvalue weighted by Gasteiger charge is 2.18. The van der Waals surface area contributed by atoms with E-state index in [0.717, 1.165) is 17.7 Å². The van der Waals surface area contributed by atoms with Crippen LogP contribution in [0.2, 0.25) is 0 Å². The Morgan fingerprint density at radius 3 is 2.44 bits per heavy atom. The van der Waals surface area contributed by atoms with Crippen LogP contribution in [0.5, 0.6) is 5.75 Å². The number of carbonyl (C=O) groups is 1. The molecule has 0 unspecified atom stereocenters. The first-order valence-corrected chi connectivity index (χ1v) is 12.9. The normalized spacial score (nSPS) is 11.5. The van der Waals surface area contributed by atoms with E-state index >= 15 is 0 Å². The van der Waals surface area contributed by atoms with Crippen molar-refractivity contribution in [3.8, 4) is 11.4 Å². The molecular formula is C29H31N3O3S. The van der Waals surface area contributed by atoms with Crippen molar-refractivity contribution in [2.45, 2.75) is 44.7 Å². The lowest BCUT2D eigenvalue weighted by Gasteiger charge is -2.21. The van der Waals surface area contributed by atoms with Crippen LogP contribution in [-0.4, -0.2) is 28.3 Å². The number of rotatable bonds is 7. The number of nitrogens with one attached hydrogen (secondary N) is 1. The monoisotopic (exact) mass is 501 g/mol. The molecule has 0 radical (unpaired) electrons. The summed E-state index contributed by atoms with van der Waals surface area (Å²) in [5, 5.41) is 3.97. The second-order valence-electron chi connectivity index (χ2n) is 9.57. The van der Waals surface area contributed by atoms with Crippen LogP contribution in [0, 0.1) is 0 Å². The number of para-hydroxylation sites is 1. The van der Waals surface area contributed by atoms with Gasteiger partial charge < -0.3 is 10.1 Å². The minimum atomic E-state index is -0.209. The highest BCUT2D eigenvalue weighted by atomic mass is 32.2. The number of aryl methyl sites for hydroxylation is 1. The molecule has 0 fully saturated rings. The highest BCUT2D eigenvalue weighted by molar-refractivity contribution is 7.99. The summed E-state index contributed by atoms with van der Waals surface area (Å²) >= 11 is 1.23. The largest absolute Gasteiger partial charge is 0.495 e. The standard InChI is InChI=1S/C29H31N3O3S/c1-6-19-11-14-21(15-12-19)32-27(34)22-9-7-8-10-23(22)31-28(32)36-18-26(33)30-24-17-20(29(2,3)4)13-16-25(24)35-5/h7-17H,6,18H2,1-5H3,(H,30,33). The lowest BCUT2D eigenvalue weighted by atomic mass is 9.87. The third-order valence-electron chi connectivity index (χ3n) is 6.02. The van der Waals surface area contributed by atoms with Gasteiger partial charge in [-0.2, -0.15) is 0 Å². The summed E-state index contributed by atoms with van der Waals surface area (Å²) in [7, 11) is 1.58. The third kappa shape index (κ3) is 5.46. The Labute approximate surface area is 215 Å². The van der Waals surface area contributed by atoms with E-state index in [9.17, 15) is 9.59 Å². The van der Waals surface area contributed by atoms with Crippen LogP contribution in [0.3, 0.4) is 0 Å². The van der Waals surface area contributed by atoms with Crippen LogP contribution in [0.1, 0.15) is 38.8 Å². The fourth-order valence-electron chi connectivity index (χ4n) is 3.91. The first-order valence-electron chi connectivity index (χ1n) is 11.9. The van der Waals surface area contributed by atoms with Gasteiger partial charge in [-0.1, -0.05) is 69.8 Å². The molecule has 3 aromatic carbocycles. The minimum Gasteiger partial charge on any atom is -0.495 e. The lowest BCUT2D eigenvalue weighted by Crippen LogP contribution is -2.23. The maximum Gasteiger partial charge on any atom is 0.266 e. The van der Waals surface area contributed by atoms with E-state index in [-0.39, 0.29) is 22.6 Å². The molecule has 0 aliphatic heterocycles. The van der Waals surface area contributed by atoms with E-state index in [1.807, 2.05) is 60.7 Å². The van der Waals surface area contributed by atoms with Gasteiger partial charge >= 0.3 is 0 Å². The lowest BCUT2D eigenvalue weighted by molar-refractivity contribution is -0.113. The maximum absolute atomic E-state index is 13.4. The molecule has 1 heterocycles. The summed E-state index contributed by atoms with van der Waals surface area (Å²) in [6.45, 7) is 8.45. The molecule has 186 valence electrons. The van der Waals surface area contributed by atoms with Gasteiger partial charge in [-0.15, -0.1) is 0 Å². The number of thioether (sulfide) groups is 1. The number of anilines is 1. The Morgan fingerprint density at radius 2 is 1.78 bits per heavy atom. The molecule has 0 saturated heterocycles. The highest BCUT2D eigenvalue weighted by Crippen LogP contribution is 2.32. The Balaban J connectivity index is 1.64. The zero-order chi connectivity index (χ0) is 25.9. The predicted octanol–water partition coefficient (Wildman–Crippen LogP) is 5.99. The molecule has 1 amide bonds. The van der Waals surface area contributed by atoms with E-state index < -0.39 is 0 Å². The Kier molecular flexibility index (Phi) is 7.50. The Bertz CT molecular complexity index is 1450. The number of aromatic nitrogens is 2. The van der Waals surface area contributed by atoms with Crippen LogP contribution < -0.4 is 15.6 Å². The van der Waals surface area contributed by atoms with Crippen LogP contribution in [-0.2, 0) is 16.6 Å². The van der Waals surface area contributed by atoms with Crippen LogP contribution in [0.4, 0.5) is 5.69 Å². The van der Waals surface area contributed by atoms with Gasteiger partial charge in [-0.25, -0.2) is 4.98 Å². The van der Waals surface area contributed by atoms with Crippen molar-refractivity contribution in [2.24, 2.45) is 0 Å². The van der Waals surface area contributed by atoms with E-state index in [1.54, 1.807) is 17.7 Å². The molecule has 0 atom stereocenters. The average Bonchev–Trinajstić information content (AvgIpc) is 2.87. The van der Waals surface area contributed by atoms with Crippen LogP contribution in [0.25, 0.3) is 16.6 Å². The summed E-state index contributed by atoms with van der Waals surface area (Å²) in [5.74, 6) is 0.471. The Hall–Kier alpha value is -3.58. The fraction of sp³-hybridized carbons (Fsp3) is 0.276. The molecule has 0 aliphatic rings. The van der Waals surface area contributed by atoms with E-state index in [1.165, 1.54) is 17.3 Å². The fourth-order valence-corrected chi connectivity index (χ4v) is 4.72. The van der Waals surface area contributed by atoms with Gasteiger partial charge in [0.1, 0.15) is 5.75 Å². The molecule has 1 aromatic heterocycles. The zero-order valence-corrected chi connectivity index (χ0v) is 22.1. The van der Waals surface area contributed by atoms with Gasteiger partial charge in [-0.3, -0.25) is 14.2 Å². The summed E-state index contributed by atoms with van der Waals surface area (Å²) in [5.41, 5.74) is 3.98. The SMILES string of the molecule is CCc1ccc(-n2c(SCC(=O)Nc3cc(C(C)(C)C)ccc3OC)nc3ccccc3c2=O)cc1. The molecule has 7 heteroatoms. The van der Waals surface area contributed by atoms with Gasteiger partial charge in [0.05, 0.1) is 35.1 Å². The van der Waals surface area contributed by atoms with Crippen molar-refractivity contribution in [1.82, 2.24) is 9.55 Å². The quantitative estimate of drug-likeness (QED) is 0.249. The number of amides is 1. The van der Waals surface area contributed by atoms with E-state index in [4.69, 9.17) is 9.72 Å². The number of methoxy groups -OCH3 is 1. The molecule has 36 heavy (non-hydrogen) atoms. The van der Waals surface area contributed by atoms with Crippen molar-refractivity contribution >= 4 is 34.3 Å². The molecule has 4 rings (SSSR count). The van der Waals surface area contributed by atoms with Gasteiger partial charge in [-0.05, 0) is 59.4 Å². The second kappa shape index (κ2) is 10.6. The van der Waals surface area contributed by atoms with Gasteiger partial charge in [0, 0.05) is 0 Å². The number of hydrogen-bond acceptors (Lipinski definition) is 5. The third-order valence-corrected chi connectivity index (χ3v) is 6.96. The van der Waals surface area contributed by atoms with Crippen molar-refractivity contribution in [3.05, 3.63) is 88.2 Å². The predicted molar refractivity (Wildman–Crippen MR) is 148 cm³/mol. The summed E-state index contributed by atoms with van der Waals surface area (Å²) in [4.78, 5) is 31.2. The summed E-state index contributed by atoms with van der Waals surface area (Å²) in [6, 6.07) is 20.9. The number of fused-ring (bicyclic) bond motifs is 1. The second-order valence-corrected chi connectivity index (χ2v) is 10.5. The smallest absolute Gasteiger partial charge is 0.266 e. The van der Waals surface area contributed by atoms with E-state index in [2.05, 4.69) is 33.0 Å². The molecule has 1 N–H and O–H groups in total. The van der Waals surface area contributed by atoms with Crippen LogP contribution in [0.15, 0.2) is 76.7 Å². The minimum absolute atomic E-state index is 0.0705. The molecule has 0 saturated carbocycles. The number of hydrogen-bond donors (Lipinski definition) is 1. The molecule has 6 nitrogen and oxygen atoms in total. The summed E-state index contributed by atoms with van der Waals surface area (Å²) in [6.07, 6.45) is 0.910. The van der Waals surface area contributed by atoms with Crippen molar-refractivity contribution in [1.29, 1.82) is 0 Å². The first kappa shape index (κ1) is 25.5. The molecule has 0 aliphatic carbocycles. The van der Waals surface area contributed by atoms with Crippen molar-refractivity contribution in [2.75, 3.05) is 18.2 Å². The molecular weight excluding hydrogens is 470 g/mol. The number of benzene rings is 3. The molecule has 0 spiro atoms. The maximum atomic E-state index is 13.4. The van der Waals surface area contributed by atoms with Crippen molar-refractivity contribution < 1.29 is 9.53 Å². The van der Waals surface area contributed by atoms with Gasteiger partial charge in [0.15, 0.2) is 5.16 Å². The van der Waals surface area contributed by atoms with Gasteiger partial charge in [0.2, 0.25) is 5.91 Å². The molecule has 4 aromatic rings. The first-order chi connectivity index (χ1) is 17.2. The molecule has 0 bridgehead atoms. The summed E-state index contributed by atoms with van der Waals surface area (Å²) < 4.78 is 7.04. The van der Waals surface area contributed by atoms with Crippen LogP contribution >= 0.6 is 11.8 Å². The van der Waals surface area contributed by atoms with Gasteiger partial charge in [0.25, 0.3) is 5.56 Å². The average molecular weight is 502 g/mol.